The molecule has 18 heavy (non-hydrogen) atoms. The minimum Gasteiger partial charge on any atom is -0.394 e. The number of amides is 1. The predicted octanol–water partition coefficient (Wildman–Crippen LogP) is 0.278. The molecule has 2 atom stereocenters. The Balaban J connectivity index is 2.63. The molecule has 1 aliphatic rings. The van der Waals surface area contributed by atoms with Crippen LogP contribution in [0.25, 0.3) is 0 Å². The molecule has 1 fully saturated rings. The standard InChI is InChI=1S/C13H26N2O3/c1-4-13(5-2,9-16)15-12(17)10-7-18-8-11(10)14-6-3/h10-11,14,16H,4-9H2,1-3H3,(H,15,17). The van der Waals surface area contributed by atoms with Crippen molar-refractivity contribution in [2.45, 2.75) is 45.2 Å². The second-order valence-electron chi connectivity index (χ2n) is 4.94. The first-order valence-electron chi connectivity index (χ1n) is 6.86. The van der Waals surface area contributed by atoms with Crippen molar-refractivity contribution < 1.29 is 14.6 Å². The van der Waals surface area contributed by atoms with Crippen molar-refractivity contribution in [2.24, 2.45) is 5.92 Å². The minimum atomic E-state index is -0.490. The van der Waals surface area contributed by atoms with Crippen LogP contribution in [-0.2, 0) is 9.53 Å². The summed E-state index contributed by atoms with van der Waals surface area (Å²) in [6, 6.07) is 0.0834. The van der Waals surface area contributed by atoms with E-state index in [9.17, 15) is 9.90 Å². The van der Waals surface area contributed by atoms with Gasteiger partial charge in [0.2, 0.25) is 5.91 Å². The van der Waals surface area contributed by atoms with Crippen LogP contribution in [0.4, 0.5) is 0 Å². The van der Waals surface area contributed by atoms with E-state index in [0.717, 1.165) is 19.4 Å². The Hall–Kier alpha value is -0.650. The van der Waals surface area contributed by atoms with Gasteiger partial charge in [-0.25, -0.2) is 0 Å². The lowest BCUT2D eigenvalue weighted by Crippen LogP contribution is -2.55. The second-order valence-corrected chi connectivity index (χ2v) is 4.94. The van der Waals surface area contributed by atoms with Crippen LogP contribution in [0.15, 0.2) is 0 Å². The fourth-order valence-corrected chi connectivity index (χ4v) is 2.32. The van der Waals surface area contributed by atoms with Crippen LogP contribution in [0.2, 0.25) is 0 Å². The summed E-state index contributed by atoms with van der Waals surface area (Å²) in [5, 5.41) is 15.7. The lowest BCUT2D eigenvalue weighted by Gasteiger charge is -2.32. The number of hydrogen-bond acceptors (Lipinski definition) is 4. The molecular weight excluding hydrogens is 232 g/mol. The van der Waals surface area contributed by atoms with E-state index >= 15 is 0 Å². The van der Waals surface area contributed by atoms with Crippen molar-refractivity contribution in [3.05, 3.63) is 0 Å². The number of nitrogens with one attached hydrogen (secondary N) is 2. The number of likely N-dealkylation sites (N-methyl/N-ethyl adjacent to an activating group) is 1. The first-order valence-corrected chi connectivity index (χ1v) is 6.86. The fourth-order valence-electron chi connectivity index (χ4n) is 2.32. The Labute approximate surface area is 109 Å². The molecule has 106 valence electrons. The van der Waals surface area contributed by atoms with Gasteiger partial charge in [-0.1, -0.05) is 20.8 Å². The Bertz CT molecular complexity index is 259. The molecule has 1 aliphatic heterocycles. The molecule has 3 N–H and O–H groups in total. The number of rotatable bonds is 7. The summed E-state index contributed by atoms with van der Waals surface area (Å²) in [6.07, 6.45) is 1.45. The van der Waals surface area contributed by atoms with Gasteiger partial charge in [0.25, 0.3) is 0 Å². The van der Waals surface area contributed by atoms with Gasteiger partial charge < -0.3 is 20.5 Å². The maximum Gasteiger partial charge on any atom is 0.227 e. The molecule has 0 radical (unpaired) electrons. The van der Waals surface area contributed by atoms with Crippen molar-refractivity contribution in [2.75, 3.05) is 26.4 Å². The highest BCUT2D eigenvalue weighted by atomic mass is 16.5. The molecular formula is C13H26N2O3. The van der Waals surface area contributed by atoms with E-state index in [2.05, 4.69) is 10.6 Å². The quantitative estimate of drug-likeness (QED) is 0.613. The normalized spacial score (nSPS) is 24.2. The highest BCUT2D eigenvalue weighted by Gasteiger charge is 2.37. The SMILES string of the molecule is CCNC1COCC1C(=O)NC(CC)(CC)CO. The van der Waals surface area contributed by atoms with Crippen molar-refractivity contribution in [3.8, 4) is 0 Å². The zero-order valence-electron chi connectivity index (χ0n) is 11.7. The summed E-state index contributed by atoms with van der Waals surface area (Å²) >= 11 is 0. The Kier molecular flexibility index (Phi) is 6.05. The van der Waals surface area contributed by atoms with E-state index in [-0.39, 0.29) is 24.5 Å². The van der Waals surface area contributed by atoms with Crippen LogP contribution >= 0.6 is 0 Å². The van der Waals surface area contributed by atoms with Crippen molar-refractivity contribution in [3.63, 3.8) is 0 Å². The summed E-state index contributed by atoms with van der Waals surface area (Å²) < 4.78 is 5.37. The van der Waals surface area contributed by atoms with E-state index < -0.39 is 5.54 Å². The summed E-state index contributed by atoms with van der Waals surface area (Å²) in [6.45, 7) is 7.81. The highest BCUT2D eigenvalue weighted by molar-refractivity contribution is 5.80. The predicted molar refractivity (Wildman–Crippen MR) is 70.3 cm³/mol. The van der Waals surface area contributed by atoms with Gasteiger partial charge in [-0.05, 0) is 19.4 Å². The Morgan fingerprint density at radius 3 is 2.50 bits per heavy atom. The van der Waals surface area contributed by atoms with E-state index in [1.165, 1.54) is 0 Å². The van der Waals surface area contributed by atoms with Crippen molar-refractivity contribution in [1.29, 1.82) is 0 Å². The zero-order valence-corrected chi connectivity index (χ0v) is 11.7. The molecule has 5 nitrogen and oxygen atoms in total. The Morgan fingerprint density at radius 1 is 1.33 bits per heavy atom. The molecule has 0 aromatic carbocycles. The smallest absolute Gasteiger partial charge is 0.227 e. The molecule has 0 aromatic heterocycles. The van der Waals surface area contributed by atoms with Crippen LogP contribution in [-0.4, -0.2) is 49.0 Å². The van der Waals surface area contributed by atoms with Gasteiger partial charge in [0.05, 0.1) is 31.3 Å². The van der Waals surface area contributed by atoms with E-state index in [1.54, 1.807) is 0 Å². The lowest BCUT2D eigenvalue weighted by atomic mass is 9.92. The van der Waals surface area contributed by atoms with Gasteiger partial charge in [-0.2, -0.15) is 0 Å². The van der Waals surface area contributed by atoms with Crippen LogP contribution in [0.1, 0.15) is 33.6 Å². The van der Waals surface area contributed by atoms with Crippen LogP contribution in [0.5, 0.6) is 0 Å². The van der Waals surface area contributed by atoms with Crippen molar-refractivity contribution >= 4 is 5.91 Å². The number of hydrogen-bond donors (Lipinski definition) is 3. The first kappa shape index (κ1) is 15.4. The van der Waals surface area contributed by atoms with Crippen molar-refractivity contribution in [1.82, 2.24) is 10.6 Å². The van der Waals surface area contributed by atoms with Gasteiger partial charge in [0.15, 0.2) is 0 Å². The van der Waals surface area contributed by atoms with Crippen LogP contribution in [0, 0.1) is 5.92 Å². The van der Waals surface area contributed by atoms with E-state index in [0.29, 0.717) is 13.2 Å². The first-order chi connectivity index (χ1) is 8.62. The van der Waals surface area contributed by atoms with Gasteiger partial charge in [-0.3, -0.25) is 4.79 Å². The summed E-state index contributed by atoms with van der Waals surface area (Å²) in [5.74, 6) is -0.176. The van der Waals surface area contributed by atoms with Gasteiger partial charge in [0, 0.05) is 6.04 Å². The van der Waals surface area contributed by atoms with E-state index in [1.807, 2.05) is 20.8 Å². The molecule has 0 saturated carbocycles. The van der Waals surface area contributed by atoms with Gasteiger partial charge in [0.1, 0.15) is 0 Å². The topological polar surface area (TPSA) is 70.6 Å². The molecule has 0 aliphatic carbocycles. The number of aliphatic hydroxyl groups is 1. The summed E-state index contributed by atoms with van der Waals surface area (Å²) in [7, 11) is 0. The molecule has 1 rings (SSSR count). The largest absolute Gasteiger partial charge is 0.394 e. The molecule has 2 unspecified atom stereocenters. The molecule has 1 saturated heterocycles. The summed E-state index contributed by atoms with van der Waals surface area (Å²) in [4.78, 5) is 12.3. The molecule has 1 amide bonds. The third-order valence-corrected chi connectivity index (χ3v) is 3.93. The summed E-state index contributed by atoms with van der Waals surface area (Å²) in [5.41, 5.74) is -0.490. The molecule has 1 heterocycles. The second kappa shape index (κ2) is 7.07. The third kappa shape index (κ3) is 3.43. The molecule has 5 heteroatoms. The highest BCUT2D eigenvalue weighted by Crippen LogP contribution is 2.19. The number of aliphatic hydroxyl groups excluding tert-OH is 1. The fraction of sp³-hybridized carbons (Fsp3) is 0.923. The molecule has 0 spiro atoms. The number of carbonyl (C=O) groups excluding carboxylic acids is 1. The minimum absolute atomic E-state index is 0.0174. The molecule has 0 bridgehead atoms. The zero-order chi connectivity index (χ0) is 13.6. The van der Waals surface area contributed by atoms with Crippen LogP contribution < -0.4 is 10.6 Å². The van der Waals surface area contributed by atoms with Gasteiger partial charge >= 0.3 is 0 Å². The number of ether oxygens (including phenoxy) is 1. The maximum atomic E-state index is 12.3. The van der Waals surface area contributed by atoms with Crippen LogP contribution in [0.3, 0.4) is 0 Å². The monoisotopic (exact) mass is 258 g/mol. The Morgan fingerprint density at radius 2 is 2.00 bits per heavy atom. The lowest BCUT2D eigenvalue weighted by molar-refractivity contribution is -0.128. The average molecular weight is 258 g/mol. The average Bonchev–Trinajstić information content (AvgIpc) is 2.85. The maximum absolute atomic E-state index is 12.3. The molecule has 0 aromatic rings. The third-order valence-electron chi connectivity index (χ3n) is 3.93. The van der Waals surface area contributed by atoms with Gasteiger partial charge in [-0.15, -0.1) is 0 Å². The van der Waals surface area contributed by atoms with E-state index in [4.69, 9.17) is 4.74 Å². The number of carbonyl (C=O) groups is 1.